The van der Waals surface area contributed by atoms with Crippen LogP contribution in [0.25, 0.3) is 11.0 Å². The lowest BCUT2D eigenvalue weighted by Gasteiger charge is -2.06. The number of anilines is 1. The summed E-state index contributed by atoms with van der Waals surface area (Å²) in [6.07, 6.45) is 0. The van der Waals surface area contributed by atoms with Crippen molar-refractivity contribution in [3.8, 4) is 0 Å². The molecule has 2 N–H and O–H groups in total. The fourth-order valence-electron chi connectivity index (χ4n) is 2.06. The predicted octanol–water partition coefficient (Wildman–Crippen LogP) is 4.26. The molecule has 4 nitrogen and oxygen atoms in total. The van der Waals surface area contributed by atoms with E-state index in [4.69, 9.17) is 11.6 Å². The van der Waals surface area contributed by atoms with Crippen LogP contribution in [0.3, 0.4) is 0 Å². The summed E-state index contributed by atoms with van der Waals surface area (Å²) in [6.45, 7) is 1.96. The normalized spacial score (nSPS) is 10.8. The van der Waals surface area contributed by atoms with Gasteiger partial charge in [-0.05, 0) is 36.8 Å². The van der Waals surface area contributed by atoms with Crippen LogP contribution in [0.15, 0.2) is 47.6 Å². The number of nitrogens with one attached hydrogen (secondary N) is 2. The van der Waals surface area contributed by atoms with Crippen molar-refractivity contribution in [2.75, 3.05) is 11.1 Å². The molecular formula is C16H14ClN3OS. The first-order valence-corrected chi connectivity index (χ1v) is 8.12. The molecule has 3 aromatic rings. The Hall–Kier alpha value is -1.98. The molecule has 1 amide bonds. The number of aromatic amines is 1. The van der Waals surface area contributed by atoms with Crippen molar-refractivity contribution in [1.29, 1.82) is 0 Å². The Bertz CT molecular complexity index is 831. The van der Waals surface area contributed by atoms with Gasteiger partial charge in [0.25, 0.3) is 0 Å². The highest BCUT2D eigenvalue weighted by Gasteiger charge is 2.08. The first-order valence-electron chi connectivity index (χ1n) is 6.75. The van der Waals surface area contributed by atoms with Gasteiger partial charge in [-0.3, -0.25) is 4.79 Å². The number of aromatic nitrogens is 2. The molecule has 0 saturated carbocycles. The van der Waals surface area contributed by atoms with Crippen molar-refractivity contribution in [1.82, 2.24) is 9.97 Å². The van der Waals surface area contributed by atoms with E-state index in [1.165, 1.54) is 11.8 Å². The summed E-state index contributed by atoms with van der Waals surface area (Å²) in [5, 5.41) is 4.26. The van der Waals surface area contributed by atoms with Gasteiger partial charge in [0.15, 0.2) is 5.16 Å². The molecule has 22 heavy (non-hydrogen) atoms. The van der Waals surface area contributed by atoms with Gasteiger partial charge < -0.3 is 10.3 Å². The Kier molecular flexibility index (Phi) is 4.36. The zero-order valence-corrected chi connectivity index (χ0v) is 13.5. The minimum absolute atomic E-state index is 0.0576. The monoisotopic (exact) mass is 331 g/mol. The SMILES string of the molecule is Cc1ccccc1NC(=O)CSc1nc2ccc(Cl)cc2[nH]1. The molecule has 0 saturated heterocycles. The van der Waals surface area contributed by atoms with Crippen molar-refractivity contribution in [3.63, 3.8) is 0 Å². The van der Waals surface area contributed by atoms with Gasteiger partial charge in [-0.15, -0.1) is 0 Å². The number of aryl methyl sites for hydroxylation is 1. The highest BCUT2D eigenvalue weighted by Crippen LogP contribution is 2.22. The summed E-state index contributed by atoms with van der Waals surface area (Å²) >= 11 is 7.31. The number of nitrogens with zero attached hydrogens (tertiary/aromatic N) is 1. The molecule has 6 heteroatoms. The molecule has 3 rings (SSSR count). The van der Waals surface area contributed by atoms with Gasteiger partial charge in [-0.1, -0.05) is 41.6 Å². The molecule has 0 aliphatic carbocycles. The van der Waals surface area contributed by atoms with Gasteiger partial charge in [-0.2, -0.15) is 0 Å². The van der Waals surface area contributed by atoms with Crippen LogP contribution in [0.4, 0.5) is 5.69 Å². The maximum atomic E-state index is 12.0. The molecule has 112 valence electrons. The van der Waals surface area contributed by atoms with Crippen LogP contribution >= 0.6 is 23.4 Å². The molecule has 0 spiro atoms. The zero-order chi connectivity index (χ0) is 15.5. The number of amides is 1. The third-order valence-corrected chi connectivity index (χ3v) is 4.29. The Morgan fingerprint density at radius 1 is 1.32 bits per heavy atom. The Morgan fingerprint density at radius 3 is 2.95 bits per heavy atom. The van der Waals surface area contributed by atoms with E-state index in [2.05, 4.69) is 15.3 Å². The number of imidazole rings is 1. The van der Waals surface area contributed by atoms with E-state index in [9.17, 15) is 4.79 Å². The van der Waals surface area contributed by atoms with Crippen molar-refractivity contribution in [2.45, 2.75) is 12.1 Å². The third-order valence-electron chi connectivity index (χ3n) is 3.18. The van der Waals surface area contributed by atoms with Crippen molar-refractivity contribution >= 4 is 46.0 Å². The largest absolute Gasteiger partial charge is 0.333 e. The molecule has 0 aliphatic rings. The molecule has 0 atom stereocenters. The number of carbonyl (C=O) groups is 1. The number of fused-ring (bicyclic) bond motifs is 1. The summed E-state index contributed by atoms with van der Waals surface area (Å²) < 4.78 is 0. The summed E-state index contributed by atoms with van der Waals surface area (Å²) in [5.74, 6) is 0.236. The van der Waals surface area contributed by atoms with Crippen LogP contribution in [0.2, 0.25) is 5.02 Å². The minimum atomic E-state index is -0.0576. The Balaban J connectivity index is 1.63. The number of thioether (sulfide) groups is 1. The number of para-hydroxylation sites is 1. The summed E-state index contributed by atoms with van der Waals surface area (Å²) in [5.41, 5.74) is 3.59. The van der Waals surface area contributed by atoms with E-state index in [1.807, 2.05) is 43.3 Å². The average Bonchev–Trinajstić information content (AvgIpc) is 2.89. The second-order valence-corrected chi connectivity index (χ2v) is 6.26. The number of halogens is 1. The fraction of sp³-hybridized carbons (Fsp3) is 0.125. The number of hydrogen-bond acceptors (Lipinski definition) is 3. The third kappa shape index (κ3) is 3.43. The maximum absolute atomic E-state index is 12.0. The molecular weight excluding hydrogens is 318 g/mol. The van der Waals surface area contributed by atoms with Crippen LogP contribution in [0.5, 0.6) is 0 Å². The van der Waals surface area contributed by atoms with Crippen molar-refractivity contribution in [3.05, 3.63) is 53.1 Å². The van der Waals surface area contributed by atoms with Gasteiger partial charge >= 0.3 is 0 Å². The van der Waals surface area contributed by atoms with E-state index in [-0.39, 0.29) is 5.91 Å². The number of rotatable bonds is 4. The lowest BCUT2D eigenvalue weighted by molar-refractivity contribution is -0.113. The van der Waals surface area contributed by atoms with E-state index in [0.29, 0.717) is 15.9 Å². The van der Waals surface area contributed by atoms with Gasteiger partial charge in [0.05, 0.1) is 16.8 Å². The van der Waals surface area contributed by atoms with Gasteiger partial charge in [-0.25, -0.2) is 4.98 Å². The van der Waals surface area contributed by atoms with Crippen LogP contribution in [0.1, 0.15) is 5.56 Å². The van der Waals surface area contributed by atoms with Crippen LogP contribution in [-0.4, -0.2) is 21.6 Å². The molecule has 0 unspecified atom stereocenters. The molecule has 0 fully saturated rings. The van der Waals surface area contributed by atoms with E-state index in [1.54, 1.807) is 6.07 Å². The quantitative estimate of drug-likeness (QED) is 0.702. The molecule has 0 radical (unpaired) electrons. The van der Waals surface area contributed by atoms with Crippen LogP contribution < -0.4 is 5.32 Å². The van der Waals surface area contributed by atoms with E-state index < -0.39 is 0 Å². The minimum Gasteiger partial charge on any atom is -0.333 e. The number of carbonyl (C=O) groups excluding carboxylic acids is 1. The first-order chi connectivity index (χ1) is 10.6. The molecule has 1 heterocycles. The Labute approximate surface area is 137 Å². The lowest BCUT2D eigenvalue weighted by atomic mass is 10.2. The van der Waals surface area contributed by atoms with Gasteiger partial charge in [0, 0.05) is 10.7 Å². The van der Waals surface area contributed by atoms with E-state index >= 15 is 0 Å². The number of hydrogen-bond donors (Lipinski definition) is 2. The molecule has 2 aromatic carbocycles. The van der Waals surface area contributed by atoms with E-state index in [0.717, 1.165) is 22.3 Å². The molecule has 0 bridgehead atoms. The second kappa shape index (κ2) is 6.42. The summed E-state index contributed by atoms with van der Waals surface area (Å²) in [6, 6.07) is 13.2. The Morgan fingerprint density at radius 2 is 2.14 bits per heavy atom. The topological polar surface area (TPSA) is 57.8 Å². The van der Waals surface area contributed by atoms with Crippen molar-refractivity contribution in [2.24, 2.45) is 0 Å². The van der Waals surface area contributed by atoms with Crippen molar-refractivity contribution < 1.29 is 4.79 Å². The maximum Gasteiger partial charge on any atom is 0.234 e. The summed E-state index contributed by atoms with van der Waals surface area (Å²) in [4.78, 5) is 19.6. The smallest absolute Gasteiger partial charge is 0.234 e. The molecule has 1 aromatic heterocycles. The predicted molar refractivity (Wildman–Crippen MR) is 91.6 cm³/mol. The standard InChI is InChI=1S/C16H14ClN3OS/c1-10-4-2-3-5-12(10)18-15(21)9-22-16-19-13-7-6-11(17)8-14(13)20-16/h2-8H,9H2,1H3,(H,18,21)(H,19,20). The van der Waals surface area contributed by atoms with Gasteiger partial charge in [0.1, 0.15) is 0 Å². The van der Waals surface area contributed by atoms with Gasteiger partial charge in [0.2, 0.25) is 5.91 Å². The highest BCUT2D eigenvalue weighted by molar-refractivity contribution is 7.99. The lowest BCUT2D eigenvalue weighted by Crippen LogP contribution is -2.14. The van der Waals surface area contributed by atoms with Crippen LogP contribution in [-0.2, 0) is 4.79 Å². The average molecular weight is 332 g/mol. The van der Waals surface area contributed by atoms with Crippen LogP contribution in [0, 0.1) is 6.92 Å². The molecule has 0 aliphatic heterocycles. The zero-order valence-electron chi connectivity index (χ0n) is 11.9. The summed E-state index contributed by atoms with van der Waals surface area (Å²) in [7, 11) is 0. The first kappa shape index (κ1) is 14.9. The second-order valence-electron chi connectivity index (χ2n) is 4.86. The fourth-order valence-corrected chi connectivity index (χ4v) is 2.92. The number of benzene rings is 2. The highest BCUT2D eigenvalue weighted by atomic mass is 35.5. The number of H-pyrrole nitrogens is 1.